The summed E-state index contributed by atoms with van der Waals surface area (Å²) in [5, 5.41) is 6.86. The third-order valence-corrected chi connectivity index (χ3v) is 5.43. The molecule has 0 unspecified atom stereocenters. The van der Waals surface area contributed by atoms with Gasteiger partial charge in [-0.15, -0.1) is 0 Å². The number of amides is 2. The van der Waals surface area contributed by atoms with E-state index in [-0.39, 0.29) is 11.8 Å². The average molecular weight is 375 g/mol. The van der Waals surface area contributed by atoms with Crippen LogP contribution in [0.2, 0.25) is 0 Å². The second-order valence-corrected chi connectivity index (χ2v) is 7.57. The standard InChI is InChI=1S/C23H25N3O2/c1-15-7-9-20-18(13-15)19-14-17(8-10-21(19)26-20)23(28)25-12-11-24-22(27)16-5-3-2-4-6-16/h2-6,8,10,14-15,26H,7,9,11-13H2,1H3,(H,24,27)(H,25,28)/t15-/m1/s1. The van der Waals surface area contributed by atoms with Crippen LogP contribution in [-0.4, -0.2) is 29.9 Å². The van der Waals surface area contributed by atoms with Crippen LogP contribution in [0.5, 0.6) is 0 Å². The van der Waals surface area contributed by atoms with Crippen LogP contribution in [0.4, 0.5) is 0 Å². The lowest BCUT2D eigenvalue weighted by atomic mass is 9.87. The number of hydrogen-bond acceptors (Lipinski definition) is 2. The lowest BCUT2D eigenvalue weighted by Crippen LogP contribution is -2.34. The van der Waals surface area contributed by atoms with Gasteiger partial charge in [-0.3, -0.25) is 9.59 Å². The predicted octanol–water partition coefficient (Wildman–Crippen LogP) is 3.45. The topological polar surface area (TPSA) is 74.0 Å². The number of benzene rings is 2. The monoisotopic (exact) mass is 375 g/mol. The van der Waals surface area contributed by atoms with Crippen LogP contribution in [-0.2, 0) is 12.8 Å². The fourth-order valence-corrected chi connectivity index (χ4v) is 3.88. The van der Waals surface area contributed by atoms with E-state index >= 15 is 0 Å². The maximum Gasteiger partial charge on any atom is 0.251 e. The number of aromatic nitrogens is 1. The Morgan fingerprint density at radius 2 is 1.71 bits per heavy atom. The molecule has 1 atom stereocenters. The van der Waals surface area contributed by atoms with Gasteiger partial charge >= 0.3 is 0 Å². The van der Waals surface area contributed by atoms with Crippen LogP contribution in [0, 0.1) is 5.92 Å². The quantitative estimate of drug-likeness (QED) is 0.598. The van der Waals surface area contributed by atoms with Crippen LogP contribution in [0.1, 0.15) is 45.3 Å². The Morgan fingerprint density at radius 1 is 1.00 bits per heavy atom. The molecule has 0 bridgehead atoms. The summed E-state index contributed by atoms with van der Waals surface area (Å²) in [7, 11) is 0. The minimum absolute atomic E-state index is 0.116. The van der Waals surface area contributed by atoms with Gasteiger partial charge in [-0.25, -0.2) is 0 Å². The summed E-state index contributed by atoms with van der Waals surface area (Å²) >= 11 is 0. The van der Waals surface area contributed by atoms with Crippen molar-refractivity contribution in [2.75, 3.05) is 13.1 Å². The van der Waals surface area contributed by atoms with Crippen LogP contribution < -0.4 is 10.6 Å². The van der Waals surface area contributed by atoms with E-state index in [1.165, 1.54) is 17.7 Å². The minimum Gasteiger partial charge on any atom is -0.358 e. The van der Waals surface area contributed by atoms with Crippen LogP contribution in [0.15, 0.2) is 48.5 Å². The first-order valence-corrected chi connectivity index (χ1v) is 9.87. The Bertz CT molecular complexity index is 1010. The van der Waals surface area contributed by atoms with E-state index in [9.17, 15) is 9.59 Å². The van der Waals surface area contributed by atoms with Crippen LogP contribution in [0.25, 0.3) is 10.9 Å². The molecular weight excluding hydrogens is 350 g/mol. The second kappa shape index (κ2) is 7.89. The number of rotatable bonds is 5. The molecule has 144 valence electrons. The fourth-order valence-electron chi connectivity index (χ4n) is 3.88. The molecule has 0 aliphatic heterocycles. The van der Waals surface area contributed by atoms with Crippen molar-refractivity contribution in [3.8, 4) is 0 Å². The number of H-pyrrole nitrogens is 1. The normalized spacial score (nSPS) is 15.8. The first-order valence-electron chi connectivity index (χ1n) is 9.87. The van der Waals surface area contributed by atoms with Gasteiger partial charge in [-0.05, 0) is 61.1 Å². The lowest BCUT2D eigenvalue weighted by molar-refractivity contribution is 0.0928. The predicted molar refractivity (Wildman–Crippen MR) is 111 cm³/mol. The molecular formula is C23H25N3O2. The third-order valence-electron chi connectivity index (χ3n) is 5.43. The smallest absolute Gasteiger partial charge is 0.251 e. The molecule has 0 fully saturated rings. The van der Waals surface area contributed by atoms with Crippen molar-refractivity contribution >= 4 is 22.7 Å². The zero-order valence-electron chi connectivity index (χ0n) is 16.0. The third kappa shape index (κ3) is 3.79. The first-order chi connectivity index (χ1) is 13.6. The van der Waals surface area contributed by atoms with Crippen molar-refractivity contribution in [2.24, 2.45) is 5.92 Å². The van der Waals surface area contributed by atoms with Gasteiger partial charge in [0.15, 0.2) is 0 Å². The van der Waals surface area contributed by atoms with Crippen molar-refractivity contribution < 1.29 is 9.59 Å². The van der Waals surface area contributed by atoms with Crippen molar-refractivity contribution in [3.05, 3.63) is 70.9 Å². The zero-order valence-corrected chi connectivity index (χ0v) is 16.0. The molecule has 0 saturated heterocycles. The molecule has 1 heterocycles. The Hall–Kier alpha value is -3.08. The zero-order chi connectivity index (χ0) is 19.5. The summed E-state index contributed by atoms with van der Waals surface area (Å²) < 4.78 is 0. The van der Waals surface area contributed by atoms with Crippen LogP contribution in [0.3, 0.4) is 0 Å². The molecule has 1 aromatic heterocycles. The molecule has 5 heteroatoms. The number of aryl methyl sites for hydroxylation is 1. The maximum absolute atomic E-state index is 12.5. The Morgan fingerprint density at radius 3 is 2.46 bits per heavy atom. The first kappa shape index (κ1) is 18.3. The molecule has 4 rings (SSSR count). The highest BCUT2D eigenvalue weighted by Gasteiger charge is 2.20. The molecule has 0 spiro atoms. The molecule has 0 saturated carbocycles. The summed E-state index contributed by atoms with van der Waals surface area (Å²) in [5.74, 6) is 0.427. The molecule has 2 amide bonds. The SMILES string of the molecule is C[C@@H]1CCc2[nH]c3ccc(C(=O)NCCNC(=O)c4ccccc4)cc3c2C1. The average Bonchev–Trinajstić information content (AvgIpc) is 3.08. The molecule has 28 heavy (non-hydrogen) atoms. The van der Waals surface area contributed by atoms with Gasteiger partial charge in [0.25, 0.3) is 11.8 Å². The van der Waals surface area contributed by atoms with Gasteiger partial charge in [0.1, 0.15) is 0 Å². The van der Waals surface area contributed by atoms with E-state index in [4.69, 9.17) is 0 Å². The maximum atomic E-state index is 12.5. The van der Waals surface area contributed by atoms with Crippen molar-refractivity contribution in [1.82, 2.24) is 15.6 Å². The molecule has 0 radical (unpaired) electrons. The number of hydrogen-bond donors (Lipinski definition) is 3. The number of nitrogens with one attached hydrogen (secondary N) is 3. The van der Waals surface area contributed by atoms with Gasteiger partial charge in [0.05, 0.1) is 0 Å². The summed E-state index contributed by atoms with van der Waals surface area (Å²) in [4.78, 5) is 28.0. The highest BCUT2D eigenvalue weighted by atomic mass is 16.2. The van der Waals surface area contributed by atoms with E-state index in [1.54, 1.807) is 12.1 Å². The van der Waals surface area contributed by atoms with Gasteiger partial charge in [-0.1, -0.05) is 25.1 Å². The van der Waals surface area contributed by atoms with Gasteiger partial charge in [-0.2, -0.15) is 0 Å². The summed E-state index contributed by atoms with van der Waals surface area (Å²) in [6.07, 6.45) is 3.35. The number of fused-ring (bicyclic) bond motifs is 3. The highest BCUT2D eigenvalue weighted by Crippen LogP contribution is 2.32. The van der Waals surface area contributed by atoms with Gasteiger partial charge in [0.2, 0.25) is 0 Å². The Labute approximate surface area is 164 Å². The van der Waals surface area contributed by atoms with Crippen molar-refractivity contribution in [1.29, 1.82) is 0 Å². The van der Waals surface area contributed by atoms with E-state index in [0.717, 1.165) is 23.7 Å². The molecule has 3 aromatic rings. The van der Waals surface area contributed by atoms with E-state index in [0.29, 0.717) is 30.1 Å². The van der Waals surface area contributed by atoms with Gasteiger partial charge < -0.3 is 15.6 Å². The summed E-state index contributed by atoms with van der Waals surface area (Å²) in [6, 6.07) is 14.9. The summed E-state index contributed by atoms with van der Waals surface area (Å²) in [5.41, 5.74) is 5.05. The molecule has 5 nitrogen and oxygen atoms in total. The Balaban J connectivity index is 1.36. The van der Waals surface area contributed by atoms with E-state index in [2.05, 4.69) is 22.5 Å². The molecule has 3 N–H and O–H groups in total. The second-order valence-electron chi connectivity index (χ2n) is 7.57. The Kier molecular flexibility index (Phi) is 5.15. The number of carbonyl (C=O) groups excluding carboxylic acids is 2. The molecule has 1 aliphatic rings. The minimum atomic E-state index is -0.135. The molecule has 2 aromatic carbocycles. The van der Waals surface area contributed by atoms with Crippen molar-refractivity contribution in [3.63, 3.8) is 0 Å². The number of aromatic amines is 1. The lowest BCUT2D eigenvalue weighted by Gasteiger charge is -2.18. The van der Waals surface area contributed by atoms with E-state index in [1.807, 2.05) is 36.4 Å². The molecule has 1 aliphatic carbocycles. The van der Waals surface area contributed by atoms with Crippen molar-refractivity contribution in [2.45, 2.75) is 26.2 Å². The van der Waals surface area contributed by atoms with Crippen LogP contribution >= 0.6 is 0 Å². The highest BCUT2D eigenvalue weighted by molar-refractivity contribution is 5.99. The summed E-state index contributed by atoms with van der Waals surface area (Å²) in [6.45, 7) is 3.05. The number of carbonyl (C=O) groups is 2. The largest absolute Gasteiger partial charge is 0.358 e. The van der Waals surface area contributed by atoms with E-state index < -0.39 is 0 Å². The van der Waals surface area contributed by atoms with Gasteiger partial charge in [0, 0.05) is 40.8 Å². The fraction of sp³-hybridized carbons (Fsp3) is 0.304.